The first kappa shape index (κ1) is 32.7. The maximum Gasteiger partial charge on any atom is 0.341 e. The van der Waals surface area contributed by atoms with Gasteiger partial charge in [0, 0.05) is 33.2 Å². The van der Waals surface area contributed by atoms with E-state index in [1.54, 1.807) is 18.2 Å². The number of benzene rings is 4. The minimum Gasteiger partial charge on any atom is -0.465 e. The fourth-order valence-corrected chi connectivity index (χ4v) is 8.20. The van der Waals surface area contributed by atoms with E-state index in [1.165, 1.54) is 60.0 Å². The molecule has 11 heteroatoms. The van der Waals surface area contributed by atoms with E-state index in [0.717, 1.165) is 33.7 Å². The molecule has 48 heavy (non-hydrogen) atoms. The monoisotopic (exact) mass is 677 g/mol. The van der Waals surface area contributed by atoms with Crippen LogP contribution in [0.5, 0.6) is 0 Å². The largest absolute Gasteiger partial charge is 0.465 e. The van der Waals surface area contributed by atoms with Gasteiger partial charge < -0.3 is 15.4 Å². The molecule has 0 bridgehead atoms. The van der Waals surface area contributed by atoms with E-state index >= 15 is 0 Å². The van der Waals surface area contributed by atoms with Crippen LogP contribution in [0.1, 0.15) is 59.9 Å². The SMILES string of the molecule is COC(=O)c1c(NC(=O)C(Sc2cccc(NC(=O)c3ccc([N+](=O)[O-])cc3)c2)c2ccccc2)sc2c1CCC(c1ccccc1)C2. The number of carbonyl (C=O) groups excluding carboxylic acids is 3. The van der Waals surface area contributed by atoms with Crippen molar-refractivity contribution in [3.05, 3.63) is 152 Å². The van der Waals surface area contributed by atoms with E-state index in [2.05, 4.69) is 22.8 Å². The summed E-state index contributed by atoms with van der Waals surface area (Å²) in [5.74, 6) is -0.862. The summed E-state index contributed by atoms with van der Waals surface area (Å²) >= 11 is 2.75. The first-order chi connectivity index (χ1) is 23.3. The molecule has 4 aromatic carbocycles. The van der Waals surface area contributed by atoms with Crippen molar-refractivity contribution < 1.29 is 24.0 Å². The zero-order valence-corrected chi connectivity index (χ0v) is 27.5. The molecule has 6 rings (SSSR count). The van der Waals surface area contributed by atoms with Gasteiger partial charge in [0.25, 0.3) is 11.6 Å². The molecule has 0 spiro atoms. The summed E-state index contributed by atoms with van der Waals surface area (Å²) in [6.45, 7) is 0. The molecule has 0 aliphatic heterocycles. The Morgan fingerprint density at radius 1 is 0.917 bits per heavy atom. The number of nitrogens with zero attached hydrogens (tertiary/aromatic N) is 1. The van der Waals surface area contributed by atoms with Crippen LogP contribution >= 0.6 is 23.1 Å². The van der Waals surface area contributed by atoms with Crippen molar-refractivity contribution in [2.45, 2.75) is 35.3 Å². The molecule has 0 fully saturated rings. The van der Waals surface area contributed by atoms with E-state index in [4.69, 9.17) is 4.74 Å². The molecule has 9 nitrogen and oxygen atoms in total. The Balaban J connectivity index is 1.24. The Morgan fingerprint density at radius 3 is 2.31 bits per heavy atom. The fraction of sp³-hybridized carbons (Fsp3) is 0.162. The van der Waals surface area contributed by atoms with Gasteiger partial charge in [0.05, 0.1) is 17.6 Å². The highest BCUT2D eigenvalue weighted by molar-refractivity contribution is 8.00. The number of nitro groups is 1. The zero-order chi connectivity index (χ0) is 33.6. The topological polar surface area (TPSA) is 128 Å². The minimum absolute atomic E-state index is 0.104. The van der Waals surface area contributed by atoms with Gasteiger partial charge in [-0.25, -0.2) is 4.79 Å². The van der Waals surface area contributed by atoms with Crippen molar-refractivity contribution in [2.75, 3.05) is 17.7 Å². The van der Waals surface area contributed by atoms with Gasteiger partial charge in [-0.05, 0) is 72.2 Å². The molecule has 2 amide bonds. The summed E-state index contributed by atoms with van der Waals surface area (Å²) < 4.78 is 5.18. The van der Waals surface area contributed by atoms with Crippen molar-refractivity contribution >= 4 is 57.3 Å². The summed E-state index contributed by atoms with van der Waals surface area (Å²) in [7, 11) is 1.35. The lowest BCUT2D eigenvalue weighted by atomic mass is 9.83. The summed E-state index contributed by atoms with van der Waals surface area (Å²) in [5.41, 5.74) is 4.06. The van der Waals surface area contributed by atoms with Crippen LogP contribution in [0.2, 0.25) is 0 Å². The lowest BCUT2D eigenvalue weighted by Crippen LogP contribution is -2.20. The van der Waals surface area contributed by atoms with Crippen molar-refractivity contribution in [1.82, 2.24) is 0 Å². The molecule has 5 aromatic rings. The molecule has 0 saturated carbocycles. The van der Waals surface area contributed by atoms with E-state index < -0.39 is 22.0 Å². The summed E-state index contributed by atoms with van der Waals surface area (Å²) in [6.07, 6.45) is 2.38. The van der Waals surface area contributed by atoms with Crippen LogP contribution in [0.3, 0.4) is 0 Å². The highest BCUT2D eigenvalue weighted by Gasteiger charge is 2.32. The Kier molecular flexibility index (Phi) is 9.98. The van der Waals surface area contributed by atoms with Gasteiger partial charge in [-0.2, -0.15) is 0 Å². The molecule has 1 aromatic heterocycles. The molecule has 1 heterocycles. The number of esters is 1. The molecule has 1 aliphatic carbocycles. The van der Waals surface area contributed by atoms with Crippen LogP contribution in [-0.4, -0.2) is 29.8 Å². The predicted octanol–water partition coefficient (Wildman–Crippen LogP) is 8.44. The highest BCUT2D eigenvalue weighted by atomic mass is 32.2. The molecule has 2 N–H and O–H groups in total. The third-order valence-electron chi connectivity index (χ3n) is 8.19. The van der Waals surface area contributed by atoms with E-state index in [1.807, 2.05) is 54.6 Å². The first-order valence-electron chi connectivity index (χ1n) is 15.3. The molecule has 0 radical (unpaired) electrons. The number of anilines is 2. The zero-order valence-electron chi connectivity index (χ0n) is 25.9. The molecular weight excluding hydrogens is 647 g/mol. The average molecular weight is 678 g/mol. The van der Waals surface area contributed by atoms with Crippen LogP contribution in [-0.2, 0) is 22.4 Å². The number of rotatable bonds is 10. The lowest BCUT2D eigenvalue weighted by Gasteiger charge is -2.22. The molecule has 1 aliphatic rings. The standard InChI is InChI=1S/C37H31N3O6S2/c1-46-37(43)32-30-20-17-26(23-9-4-2-5-10-23)21-31(30)48-36(32)39-35(42)33(24-11-6-3-7-12-24)47-29-14-8-13-27(22-29)38-34(41)25-15-18-28(19-16-25)40(44)45/h2-16,18-19,22,26,33H,17,20-21H2,1H3,(H,38,41)(H,39,42). The second-order valence-electron chi connectivity index (χ2n) is 11.2. The van der Waals surface area contributed by atoms with Gasteiger partial charge in [-0.1, -0.05) is 66.7 Å². The van der Waals surface area contributed by atoms with Crippen molar-refractivity contribution in [3.63, 3.8) is 0 Å². The van der Waals surface area contributed by atoms with Gasteiger partial charge in [-0.15, -0.1) is 23.1 Å². The summed E-state index contributed by atoms with van der Waals surface area (Å²) in [6, 6.07) is 32.2. The lowest BCUT2D eigenvalue weighted by molar-refractivity contribution is -0.384. The summed E-state index contributed by atoms with van der Waals surface area (Å²) in [5, 5.41) is 16.7. The Labute approximate surface area is 285 Å². The van der Waals surface area contributed by atoms with Crippen molar-refractivity contribution in [2.24, 2.45) is 0 Å². The van der Waals surface area contributed by atoms with Crippen molar-refractivity contribution in [3.8, 4) is 0 Å². The second-order valence-corrected chi connectivity index (χ2v) is 13.5. The minimum atomic E-state index is -0.687. The maximum atomic E-state index is 14.1. The quantitative estimate of drug-likeness (QED) is 0.0657. The average Bonchev–Trinajstić information content (AvgIpc) is 3.48. The number of non-ortho nitro benzene ring substituents is 1. The molecule has 2 atom stereocenters. The van der Waals surface area contributed by atoms with Gasteiger partial charge in [0.2, 0.25) is 5.91 Å². The van der Waals surface area contributed by atoms with Crippen molar-refractivity contribution in [1.29, 1.82) is 0 Å². The molecule has 242 valence electrons. The van der Waals surface area contributed by atoms with Crippen LogP contribution in [0.15, 0.2) is 114 Å². The van der Waals surface area contributed by atoms with Crippen LogP contribution < -0.4 is 10.6 Å². The number of nitrogens with one attached hydrogen (secondary N) is 2. The van der Waals surface area contributed by atoms with Gasteiger partial charge in [0.1, 0.15) is 10.3 Å². The van der Waals surface area contributed by atoms with Gasteiger partial charge in [0.15, 0.2) is 0 Å². The number of amides is 2. The van der Waals surface area contributed by atoms with Crippen LogP contribution in [0.25, 0.3) is 0 Å². The summed E-state index contributed by atoms with van der Waals surface area (Å²) in [4.78, 5) is 52.3. The Morgan fingerprint density at radius 2 is 1.62 bits per heavy atom. The van der Waals surface area contributed by atoms with E-state index in [0.29, 0.717) is 28.6 Å². The highest BCUT2D eigenvalue weighted by Crippen LogP contribution is 2.44. The smallest absolute Gasteiger partial charge is 0.341 e. The molecular formula is C37H31N3O6S2. The number of ether oxygens (including phenoxy) is 1. The van der Waals surface area contributed by atoms with Gasteiger partial charge >= 0.3 is 5.97 Å². The van der Waals surface area contributed by atoms with E-state index in [-0.39, 0.29) is 17.2 Å². The first-order valence-corrected chi connectivity index (χ1v) is 17.0. The normalized spacial score (nSPS) is 14.3. The third-order valence-corrected chi connectivity index (χ3v) is 10.6. The maximum absolute atomic E-state index is 14.1. The number of carbonyl (C=O) groups is 3. The number of hydrogen-bond donors (Lipinski definition) is 2. The number of thiophene rings is 1. The van der Waals surface area contributed by atoms with E-state index in [9.17, 15) is 24.5 Å². The number of nitro benzene ring substituents is 1. The Bertz CT molecular complexity index is 1960. The Hall–Kier alpha value is -5.26. The number of fused-ring (bicyclic) bond motifs is 1. The molecule has 0 saturated heterocycles. The number of methoxy groups -OCH3 is 1. The fourth-order valence-electron chi connectivity index (χ4n) is 5.80. The second kappa shape index (κ2) is 14.7. The van der Waals surface area contributed by atoms with Crippen LogP contribution in [0.4, 0.5) is 16.4 Å². The third kappa shape index (κ3) is 7.32. The van der Waals surface area contributed by atoms with Gasteiger partial charge in [-0.3, -0.25) is 19.7 Å². The number of hydrogen-bond acceptors (Lipinski definition) is 8. The van der Waals surface area contributed by atoms with Crippen LogP contribution in [0, 0.1) is 10.1 Å². The molecule has 2 unspecified atom stereocenters. The predicted molar refractivity (Wildman–Crippen MR) is 188 cm³/mol. The number of thioether (sulfide) groups is 1.